The standard InChI is InChI=1S/C18H26N2O6S/c1-13(10-25-3)20-16(21)11-26-18(23)14-6-4-5-7-15(14)27-12-17(22)19-8-9-24-2/h4-7,13H,8-12H2,1-3H3,(H,19,22)(H,20,21). The van der Waals surface area contributed by atoms with Gasteiger partial charge in [-0.3, -0.25) is 9.59 Å². The van der Waals surface area contributed by atoms with Crippen LogP contribution < -0.4 is 10.6 Å². The number of amides is 2. The number of ether oxygens (including phenoxy) is 3. The van der Waals surface area contributed by atoms with E-state index in [0.29, 0.717) is 30.2 Å². The van der Waals surface area contributed by atoms with Crippen molar-refractivity contribution in [3.63, 3.8) is 0 Å². The molecule has 150 valence electrons. The van der Waals surface area contributed by atoms with E-state index in [2.05, 4.69) is 10.6 Å². The Kier molecular flexibility index (Phi) is 11.2. The maximum atomic E-state index is 12.3. The number of hydrogen-bond acceptors (Lipinski definition) is 7. The summed E-state index contributed by atoms with van der Waals surface area (Å²) in [6.45, 7) is 2.63. The van der Waals surface area contributed by atoms with E-state index in [-0.39, 0.29) is 24.3 Å². The van der Waals surface area contributed by atoms with E-state index < -0.39 is 11.9 Å². The fraction of sp³-hybridized carbons (Fsp3) is 0.500. The topological polar surface area (TPSA) is 103 Å². The van der Waals surface area contributed by atoms with Crippen molar-refractivity contribution in [3.8, 4) is 0 Å². The van der Waals surface area contributed by atoms with Gasteiger partial charge < -0.3 is 24.8 Å². The monoisotopic (exact) mass is 398 g/mol. The third kappa shape index (κ3) is 9.41. The lowest BCUT2D eigenvalue weighted by atomic mass is 10.2. The van der Waals surface area contributed by atoms with Gasteiger partial charge in [0, 0.05) is 31.7 Å². The zero-order valence-corrected chi connectivity index (χ0v) is 16.6. The number of benzene rings is 1. The van der Waals surface area contributed by atoms with Crippen LogP contribution in [0.5, 0.6) is 0 Å². The molecule has 0 heterocycles. The highest BCUT2D eigenvalue weighted by Crippen LogP contribution is 2.23. The Hall–Kier alpha value is -2.10. The Morgan fingerprint density at radius 2 is 1.85 bits per heavy atom. The average molecular weight is 398 g/mol. The van der Waals surface area contributed by atoms with Gasteiger partial charge in [-0.2, -0.15) is 0 Å². The lowest BCUT2D eigenvalue weighted by molar-refractivity contribution is -0.125. The smallest absolute Gasteiger partial charge is 0.339 e. The molecule has 1 rings (SSSR count). The van der Waals surface area contributed by atoms with Crippen molar-refractivity contribution in [2.24, 2.45) is 0 Å². The van der Waals surface area contributed by atoms with Crippen molar-refractivity contribution in [2.45, 2.75) is 17.9 Å². The zero-order valence-electron chi connectivity index (χ0n) is 15.8. The summed E-state index contributed by atoms with van der Waals surface area (Å²) in [5.41, 5.74) is 0.310. The molecule has 1 atom stereocenters. The van der Waals surface area contributed by atoms with Gasteiger partial charge in [-0.25, -0.2) is 4.79 Å². The molecular formula is C18H26N2O6S. The van der Waals surface area contributed by atoms with Crippen LogP contribution in [0.2, 0.25) is 0 Å². The maximum absolute atomic E-state index is 12.3. The molecule has 0 aliphatic carbocycles. The minimum absolute atomic E-state index is 0.156. The second kappa shape index (κ2) is 13.1. The fourth-order valence-electron chi connectivity index (χ4n) is 2.06. The van der Waals surface area contributed by atoms with Crippen LogP contribution in [0.25, 0.3) is 0 Å². The van der Waals surface area contributed by atoms with Gasteiger partial charge in [0.25, 0.3) is 5.91 Å². The Morgan fingerprint density at radius 1 is 1.11 bits per heavy atom. The van der Waals surface area contributed by atoms with Crippen LogP contribution >= 0.6 is 11.8 Å². The maximum Gasteiger partial charge on any atom is 0.339 e. The van der Waals surface area contributed by atoms with Gasteiger partial charge in [-0.05, 0) is 19.1 Å². The predicted molar refractivity (Wildman–Crippen MR) is 102 cm³/mol. The highest BCUT2D eigenvalue weighted by Gasteiger charge is 2.16. The number of thioether (sulfide) groups is 1. The van der Waals surface area contributed by atoms with E-state index in [0.717, 1.165) is 0 Å². The number of rotatable bonds is 12. The van der Waals surface area contributed by atoms with Crippen molar-refractivity contribution in [2.75, 3.05) is 46.3 Å². The average Bonchev–Trinajstić information content (AvgIpc) is 2.65. The molecule has 2 amide bonds. The Labute approximate surface area is 163 Å². The normalized spacial score (nSPS) is 11.5. The zero-order chi connectivity index (χ0) is 20.1. The van der Waals surface area contributed by atoms with Gasteiger partial charge in [0.15, 0.2) is 6.61 Å². The first-order valence-corrected chi connectivity index (χ1v) is 9.39. The second-order valence-electron chi connectivity index (χ2n) is 5.63. The van der Waals surface area contributed by atoms with Crippen molar-refractivity contribution < 1.29 is 28.6 Å². The molecule has 27 heavy (non-hydrogen) atoms. The summed E-state index contributed by atoms with van der Waals surface area (Å²) in [7, 11) is 3.09. The Morgan fingerprint density at radius 3 is 2.56 bits per heavy atom. The number of methoxy groups -OCH3 is 2. The van der Waals surface area contributed by atoms with Gasteiger partial charge in [-0.1, -0.05) is 12.1 Å². The fourth-order valence-corrected chi connectivity index (χ4v) is 2.94. The number of hydrogen-bond donors (Lipinski definition) is 2. The van der Waals surface area contributed by atoms with E-state index in [1.807, 2.05) is 0 Å². The highest BCUT2D eigenvalue weighted by atomic mass is 32.2. The summed E-state index contributed by atoms with van der Waals surface area (Å²) in [6.07, 6.45) is 0. The molecule has 2 N–H and O–H groups in total. The van der Waals surface area contributed by atoms with Gasteiger partial charge in [0.1, 0.15) is 0 Å². The first-order valence-electron chi connectivity index (χ1n) is 8.40. The summed E-state index contributed by atoms with van der Waals surface area (Å²) < 4.78 is 14.9. The molecule has 8 nitrogen and oxygen atoms in total. The molecule has 0 spiro atoms. The molecule has 0 radical (unpaired) electrons. The number of esters is 1. The number of nitrogens with one attached hydrogen (secondary N) is 2. The van der Waals surface area contributed by atoms with E-state index in [1.165, 1.54) is 18.9 Å². The molecule has 9 heteroatoms. The lowest BCUT2D eigenvalue weighted by Crippen LogP contribution is -2.38. The Bertz CT molecular complexity index is 626. The molecule has 0 aliphatic rings. The van der Waals surface area contributed by atoms with Crippen LogP contribution in [-0.2, 0) is 23.8 Å². The second-order valence-corrected chi connectivity index (χ2v) is 6.64. The molecule has 1 aromatic rings. The summed E-state index contributed by atoms with van der Waals surface area (Å²) >= 11 is 1.22. The third-order valence-electron chi connectivity index (χ3n) is 3.25. The third-order valence-corrected chi connectivity index (χ3v) is 4.33. The summed E-state index contributed by atoms with van der Waals surface area (Å²) in [4.78, 5) is 36.4. The van der Waals surface area contributed by atoms with Crippen LogP contribution in [0.15, 0.2) is 29.2 Å². The van der Waals surface area contributed by atoms with Crippen molar-refractivity contribution in [1.82, 2.24) is 10.6 Å². The Balaban J connectivity index is 2.53. The molecule has 0 saturated carbocycles. The molecule has 1 aromatic carbocycles. The summed E-state index contributed by atoms with van der Waals surface area (Å²) in [5.74, 6) is -1.03. The predicted octanol–water partition coefficient (Wildman–Crippen LogP) is 0.849. The van der Waals surface area contributed by atoms with Gasteiger partial charge >= 0.3 is 5.97 Å². The SMILES string of the molecule is COCCNC(=O)CSc1ccccc1C(=O)OCC(=O)NC(C)COC. The van der Waals surface area contributed by atoms with E-state index >= 15 is 0 Å². The van der Waals surface area contributed by atoms with Crippen LogP contribution in [0.3, 0.4) is 0 Å². The summed E-state index contributed by atoms with van der Waals surface area (Å²) in [5, 5.41) is 5.36. The van der Waals surface area contributed by atoms with Crippen molar-refractivity contribution >= 4 is 29.5 Å². The molecule has 0 aromatic heterocycles. The highest BCUT2D eigenvalue weighted by molar-refractivity contribution is 8.00. The largest absolute Gasteiger partial charge is 0.452 e. The van der Waals surface area contributed by atoms with E-state index in [4.69, 9.17) is 14.2 Å². The van der Waals surface area contributed by atoms with Crippen LogP contribution in [-0.4, -0.2) is 70.2 Å². The minimum Gasteiger partial charge on any atom is -0.452 e. The minimum atomic E-state index is -0.618. The molecule has 0 fully saturated rings. The van der Waals surface area contributed by atoms with Crippen molar-refractivity contribution in [1.29, 1.82) is 0 Å². The van der Waals surface area contributed by atoms with E-state index in [9.17, 15) is 14.4 Å². The molecule has 0 aliphatic heterocycles. The first kappa shape index (κ1) is 22.9. The number of carbonyl (C=O) groups excluding carboxylic acids is 3. The lowest BCUT2D eigenvalue weighted by Gasteiger charge is -2.13. The van der Waals surface area contributed by atoms with E-state index in [1.54, 1.807) is 38.3 Å². The van der Waals surface area contributed by atoms with Crippen molar-refractivity contribution in [3.05, 3.63) is 29.8 Å². The van der Waals surface area contributed by atoms with Gasteiger partial charge in [-0.15, -0.1) is 11.8 Å². The molecule has 1 unspecified atom stereocenters. The molecule has 0 saturated heterocycles. The molecular weight excluding hydrogens is 372 g/mol. The molecule has 0 bridgehead atoms. The van der Waals surface area contributed by atoms with Gasteiger partial charge in [0.05, 0.1) is 24.5 Å². The van der Waals surface area contributed by atoms with Crippen LogP contribution in [0, 0.1) is 0 Å². The first-order chi connectivity index (χ1) is 13.0. The van der Waals surface area contributed by atoms with Gasteiger partial charge in [0.2, 0.25) is 5.91 Å². The summed E-state index contributed by atoms with van der Waals surface area (Å²) in [6, 6.07) is 6.60. The quantitative estimate of drug-likeness (QED) is 0.306. The number of carbonyl (C=O) groups is 3. The van der Waals surface area contributed by atoms with Crippen LogP contribution in [0.1, 0.15) is 17.3 Å². The van der Waals surface area contributed by atoms with Crippen LogP contribution in [0.4, 0.5) is 0 Å².